The van der Waals surface area contributed by atoms with Crippen LogP contribution >= 0.6 is 11.8 Å². The van der Waals surface area contributed by atoms with E-state index >= 15 is 0 Å². The molecule has 0 amide bonds. The molecule has 0 aliphatic rings. The largest absolute Gasteiger partial charge is 0.451 e. The summed E-state index contributed by atoms with van der Waals surface area (Å²) in [7, 11) is 0. The van der Waals surface area contributed by atoms with Gasteiger partial charge in [-0.25, -0.2) is 0 Å². The molecule has 1 aromatic carbocycles. The summed E-state index contributed by atoms with van der Waals surface area (Å²) < 4.78 is 5.38. The lowest BCUT2D eigenvalue weighted by Gasteiger charge is -2.16. The van der Waals surface area contributed by atoms with E-state index in [0.29, 0.717) is 0 Å². The van der Waals surface area contributed by atoms with Crippen molar-refractivity contribution >= 4 is 17.7 Å². The molecule has 0 saturated heterocycles. The van der Waals surface area contributed by atoms with Crippen molar-refractivity contribution in [2.75, 3.05) is 0 Å². The molecule has 0 heterocycles. The molecular weight excluding hydrogens is 256 g/mol. The average molecular weight is 280 g/mol. The molecule has 3 heteroatoms. The summed E-state index contributed by atoms with van der Waals surface area (Å²) in [5.74, 6) is -0.193. The summed E-state index contributed by atoms with van der Waals surface area (Å²) >= 11 is 1.64. The zero-order valence-corrected chi connectivity index (χ0v) is 12.7. The molecule has 2 nitrogen and oxygen atoms in total. The van der Waals surface area contributed by atoms with Gasteiger partial charge in [-0.15, -0.1) is 0 Å². The van der Waals surface area contributed by atoms with E-state index in [9.17, 15) is 4.79 Å². The highest BCUT2D eigenvalue weighted by Crippen LogP contribution is 2.27. The zero-order valence-electron chi connectivity index (χ0n) is 11.9. The minimum absolute atomic E-state index is 0.0541. The maximum atomic E-state index is 11.1. The van der Waals surface area contributed by atoms with Gasteiger partial charge in [0.25, 0.3) is 0 Å². The van der Waals surface area contributed by atoms with Crippen LogP contribution in [-0.4, -0.2) is 11.4 Å². The van der Waals surface area contributed by atoms with Crippen LogP contribution in [0.25, 0.3) is 0 Å². The Kier molecular flexibility index (Phi) is 8.39. The first-order valence-corrected chi connectivity index (χ1v) is 7.99. The lowest BCUT2D eigenvalue weighted by molar-refractivity contribution is -0.142. The molecule has 0 aliphatic heterocycles. The number of ether oxygens (including phenoxy) is 1. The third kappa shape index (κ3) is 7.93. The van der Waals surface area contributed by atoms with E-state index in [0.717, 1.165) is 17.7 Å². The lowest BCUT2D eigenvalue weighted by Crippen LogP contribution is -2.12. The van der Waals surface area contributed by atoms with E-state index in [4.69, 9.17) is 4.74 Å². The van der Waals surface area contributed by atoms with Gasteiger partial charge < -0.3 is 4.74 Å². The summed E-state index contributed by atoms with van der Waals surface area (Å²) in [5, 5.41) is 0. The molecule has 0 fully saturated rings. The number of benzene rings is 1. The molecule has 0 saturated carbocycles. The molecule has 0 bridgehead atoms. The molecule has 1 rings (SSSR count). The summed E-state index contributed by atoms with van der Waals surface area (Å²) in [6, 6.07) is 10.1. The van der Waals surface area contributed by atoms with Gasteiger partial charge in [-0.05, 0) is 25.0 Å². The van der Waals surface area contributed by atoms with Crippen molar-refractivity contribution in [1.82, 2.24) is 0 Å². The molecule has 1 unspecified atom stereocenters. The highest BCUT2D eigenvalue weighted by molar-refractivity contribution is 7.99. The fourth-order valence-corrected chi connectivity index (χ4v) is 2.98. The first-order chi connectivity index (χ1) is 9.22. The molecule has 0 spiro atoms. The predicted molar refractivity (Wildman–Crippen MR) is 81.2 cm³/mol. The Morgan fingerprint density at radius 3 is 2.47 bits per heavy atom. The summed E-state index contributed by atoms with van der Waals surface area (Å²) in [5.41, 5.74) is -0.0541. The van der Waals surface area contributed by atoms with Gasteiger partial charge in [0.15, 0.2) is 5.44 Å². The second-order valence-corrected chi connectivity index (χ2v) is 5.91. The summed E-state index contributed by atoms with van der Waals surface area (Å²) in [4.78, 5) is 12.3. The van der Waals surface area contributed by atoms with E-state index in [-0.39, 0.29) is 11.4 Å². The zero-order chi connectivity index (χ0) is 13.9. The van der Waals surface area contributed by atoms with Gasteiger partial charge in [0.2, 0.25) is 0 Å². The molecule has 19 heavy (non-hydrogen) atoms. The number of hydrogen-bond acceptors (Lipinski definition) is 3. The van der Waals surface area contributed by atoms with Gasteiger partial charge in [0.05, 0.1) is 0 Å². The predicted octanol–water partition coefficient (Wildman–Crippen LogP) is 5.03. The number of hydrogen-bond donors (Lipinski definition) is 0. The molecule has 0 N–H and O–H groups in total. The van der Waals surface area contributed by atoms with Gasteiger partial charge in [-0.1, -0.05) is 62.6 Å². The highest BCUT2D eigenvalue weighted by Gasteiger charge is 2.13. The first kappa shape index (κ1) is 16.1. The van der Waals surface area contributed by atoms with Crippen molar-refractivity contribution in [2.24, 2.45) is 0 Å². The monoisotopic (exact) mass is 280 g/mol. The Labute approximate surface area is 120 Å². The van der Waals surface area contributed by atoms with Crippen LogP contribution < -0.4 is 0 Å². The van der Waals surface area contributed by atoms with Crippen LogP contribution in [0.4, 0.5) is 0 Å². The summed E-state index contributed by atoms with van der Waals surface area (Å²) in [6.45, 7) is 3.70. The Bertz CT molecular complexity index is 351. The third-order valence-corrected chi connectivity index (χ3v) is 3.99. The Morgan fingerprint density at radius 1 is 1.16 bits per heavy atom. The van der Waals surface area contributed by atoms with Gasteiger partial charge in [0.1, 0.15) is 0 Å². The van der Waals surface area contributed by atoms with Crippen LogP contribution in [0.5, 0.6) is 0 Å². The smallest absolute Gasteiger partial charge is 0.303 e. The number of rotatable bonds is 9. The second-order valence-electron chi connectivity index (χ2n) is 4.67. The van der Waals surface area contributed by atoms with Crippen LogP contribution in [0.2, 0.25) is 0 Å². The van der Waals surface area contributed by atoms with Crippen LogP contribution in [0, 0.1) is 0 Å². The van der Waals surface area contributed by atoms with Crippen LogP contribution in [0.1, 0.15) is 52.4 Å². The number of esters is 1. The lowest BCUT2D eigenvalue weighted by atomic mass is 10.1. The quantitative estimate of drug-likeness (QED) is 0.275. The van der Waals surface area contributed by atoms with Gasteiger partial charge in [0, 0.05) is 11.8 Å². The topological polar surface area (TPSA) is 26.3 Å². The maximum Gasteiger partial charge on any atom is 0.303 e. The minimum atomic E-state index is -0.193. The Balaban J connectivity index is 2.36. The average Bonchev–Trinajstić information content (AvgIpc) is 2.39. The SMILES string of the molecule is CCCCCCCC(OC(C)=O)Sc1ccccc1. The highest BCUT2D eigenvalue weighted by atomic mass is 32.2. The number of carbonyl (C=O) groups excluding carboxylic acids is 1. The van der Waals surface area contributed by atoms with E-state index in [2.05, 4.69) is 19.1 Å². The van der Waals surface area contributed by atoms with Crippen LogP contribution in [0.3, 0.4) is 0 Å². The Hall–Kier alpha value is -0.960. The maximum absolute atomic E-state index is 11.1. The van der Waals surface area contributed by atoms with E-state index in [1.165, 1.54) is 32.6 Å². The molecule has 0 aromatic heterocycles. The fourth-order valence-electron chi connectivity index (χ4n) is 1.89. The third-order valence-electron chi connectivity index (χ3n) is 2.85. The molecule has 0 aliphatic carbocycles. The van der Waals surface area contributed by atoms with E-state index in [1.807, 2.05) is 18.2 Å². The van der Waals surface area contributed by atoms with Crippen molar-refractivity contribution < 1.29 is 9.53 Å². The Morgan fingerprint density at radius 2 is 1.84 bits per heavy atom. The van der Waals surface area contributed by atoms with E-state index in [1.54, 1.807) is 11.8 Å². The minimum Gasteiger partial charge on any atom is -0.451 e. The molecule has 1 atom stereocenters. The van der Waals surface area contributed by atoms with Crippen LogP contribution in [-0.2, 0) is 9.53 Å². The van der Waals surface area contributed by atoms with Gasteiger partial charge in [-0.2, -0.15) is 0 Å². The first-order valence-electron chi connectivity index (χ1n) is 7.11. The van der Waals surface area contributed by atoms with Crippen LogP contribution in [0.15, 0.2) is 35.2 Å². The molecule has 106 valence electrons. The van der Waals surface area contributed by atoms with Crippen molar-refractivity contribution in [1.29, 1.82) is 0 Å². The normalized spacial score (nSPS) is 12.1. The molecule has 1 aromatic rings. The summed E-state index contributed by atoms with van der Waals surface area (Å²) in [6.07, 6.45) is 7.11. The van der Waals surface area contributed by atoms with Gasteiger partial charge >= 0.3 is 5.97 Å². The fraction of sp³-hybridized carbons (Fsp3) is 0.562. The van der Waals surface area contributed by atoms with E-state index < -0.39 is 0 Å². The molecular formula is C16H24O2S. The van der Waals surface area contributed by atoms with Crippen molar-refractivity contribution in [3.05, 3.63) is 30.3 Å². The van der Waals surface area contributed by atoms with Crippen molar-refractivity contribution in [2.45, 2.75) is 62.7 Å². The van der Waals surface area contributed by atoms with Crippen molar-refractivity contribution in [3.63, 3.8) is 0 Å². The number of unbranched alkanes of at least 4 members (excludes halogenated alkanes) is 4. The van der Waals surface area contributed by atoms with Crippen molar-refractivity contribution in [3.8, 4) is 0 Å². The standard InChI is InChI=1S/C16H24O2S/c1-3-4-5-6-10-13-16(18-14(2)17)19-15-11-8-7-9-12-15/h7-9,11-12,16H,3-6,10,13H2,1-2H3. The number of carbonyl (C=O) groups is 1. The molecule has 0 radical (unpaired) electrons. The van der Waals surface area contributed by atoms with Gasteiger partial charge in [-0.3, -0.25) is 4.79 Å². The number of thioether (sulfide) groups is 1. The second kappa shape index (κ2) is 9.90.